The highest BCUT2D eigenvalue weighted by molar-refractivity contribution is 6.04. The van der Waals surface area contributed by atoms with Crippen molar-refractivity contribution < 1.29 is 9.53 Å². The molecular formula is C22H23N3O2. The van der Waals surface area contributed by atoms with Crippen molar-refractivity contribution in [2.75, 3.05) is 23.4 Å². The Labute approximate surface area is 159 Å². The standard InChI is InChI=1S/C22H23N3O2/c1-3-25(19-8-6-5-7-9-19)21-16-17(14-15-23-21)22(26)24-18-10-12-20(13-11-18)27-4-2/h5-16H,3-4H2,1-2H3,(H,24,26). The highest BCUT2D eigenvalue weighted by Gasteiger charge is 2.12. The van der Waals surface area contributed by atoms with Crippen LogP contribution >= 0.6 is 0 Å². The Kier molecular flexibility index (Phi) is 6.05. The number of rotatable bonds is 7. The Bertz CT molecular complexity index is 880. The fraction of sp³-hybridized carbons (Fsp3) is 0.182. The van der Waals surface area contributed by atoms with Gasteiger partial charge in [-0.1, -0.05) is 18.2 Å². The first-order valence-corrected chi connectivity index (χ1v) is 9.04. The van der Waals surface area contributed by atoms with Crippen LogP contribution in [0.25, 0.3) is 0 Å². The summed E-state index contributed by atoms with van der Waals surface area (Å²) >= 11 is 0. The van der Waals surface area contributed by atoms with E-state index < -0.39 is 0 Å². The van der Waals surface area contributed by atoms with E-state index in [0.717, 1.165) is 29.5 Å². The van der Waals surface area contributed by atoms with E-state index in [1.807, 2.05) is 61.5 Å². The Balaban J connectivity index is 1.77. The molecule has 1 N–H and O–H groups in total. The van der Waals surface area contributed by atoms with Crippen molar-refractivity contribution in [1.29, 1.82) is 0 Å². The molecular weight excluding hydrogens is 338 g/mol. The predicted octanol–water partition coefficient (Wildman–Crippen LogP) is 4.89. The molecule has 2 aromatic carbocycles. The normalized spacial score (nSPS) is 10.3. The van der Waals surface area contributed by atoms with Crippen LogP contribution in [0.2, 0.25) is 0 Å². The van der Waals surface area contributed by atoms with Crippen LogP contribution in [0, 0.1) is 0 Å². The van der Waals surface area contributed by atoms with Crippen LogP contribution in [0.3, 0.4) is 0 Å². The number of ether oxygens (including phenoxy) is 1. The maximum Gasteiger partial charge on any atom is 0.255 e. The number of nitrogens with zero attached hydrogens (tertiary/aromatic N) is 2. The molecule has 0 unspecified atom stereocenters. The van der Waals surface area contributed by atoms with Crippen molar-refractivity contribution in [3.63, 3.8) is 0 Å². The van der Waals surface area contributed by atoms with Crippen molar-refractivity contribution in [2.24, 2.45) is 0 Å². The number of pyridine rings is 1. The van der Waals surface area contributed by atoms with E-state index in [2.05, 4.69) is 22.1 Å². The molecule has 5 nitrogen and oxygen atoms in total. The number of carbonyl (C=O) groups is 1. The van der Waals surface area contributed by atoms with Crippen LogP contribution in [0.5, 0.6) is 5.75 Å². The van der Waals surface area contributed by atoms with Gasteiger partial charge in [0.05, 0.1) is 6.61 Å². The second kappa shape index (κ2) is 8.85. The average Bonchev–Trinajstić information content (AvgIpc) is 2.71. The zero-order chi connectivity index (χ0) is 19.1. The smallest absolute Gasteiger partial charge is 0.255 e. The van der Waals surface area contributed by atoms with Gasteiger partial charge in [0.1, 0.15) is 11.6 Å². The largest absolute Gasteiger partial charge is 0.494 e. The summed E-state index contributed by atoms with van der Waals surface area (Å²) in [6, 6.07) is 20.9. The van der Waals surface area contributed by atoms with Gasteiger partial charge in [0.15, 0.2) is 0 Å². The molecule has 0 bridgehead atoms. The monoisotopic (exact) mass is 361 g/mol. The van der Waals surface area contributed by atoms with E-state index in [9.17, 15) is 4.79 Å². The van der Waals surface area contributed by atoms with Gasteiger partial charge in [0.25, 0.3) is 5.91 Å². The number of amides is 1. The fourth-order valence-electron chi connectivity index (χ4n) is 2.80. The molecule has 0 aliphatic carbocycles. The Morgan fingerprint density at radius 2 is 1.78 bits per heavy atom. The summed E-state index contributed by atoms with van der Waals surface area (Å²) in [5.41, 5.74) is 2.32. The third-order valence-electron chi connectivity index (χ3n) is 4.09. The number of carbonyl (C=O) groups excluding carboxylic acids is 1. The molecule has 1 aromatic heterocycles. The molecule has 0 saturated heterocycles. The van der Waals surface area contributed by atoms with Crippen molar-refractivity contribution >= 4 is 23.1 Å². The molecule has 1 amide bonds. The third-order valence-corrected chi connectivity index (χ3v) is 4.09. The lowest BCUT2D eigenvalue weighted by Crippen LogP contribution is -2.19. The van der Waals surface area contributed by atoms with E-state index in [4.69, 9.17) is 4.74 Å². The maximum atomic E-state index is 12.6. The topological polar surface area (TPSA) is 54.5 Å². The minimum Gasteiger partial charge on any atom is -0.494 e. The van der Waals surface area contributed by atoms with E-state index in [1.54, 1.807) is 18.3 Å². The van der Waals surface area contributed by atoms with Gasteiger partial charge in [-0.15, -0.1) is 0 Å². The first kappa shape index (κ1) is 18.5. The minimum absolute atomic E-state index is 0.174. The zero-order valence-corrected chi connectivity index (χ0v) is 15.6. The van der Waals surface area contributed by atoms with Gasteiger partial charge in [-0.25, -0.2) is 4.98 Å². The van der Waals surface area contributed by atoms with E-state index in [0.29, 0.717) is 12.2 Å². The van der Waals surface area contributed by atoms with Crippen LogP contribution < -0.4 is 15.0 Å². The lowest BCUT2D eigenvalue weighted by molar-refractivity contribution is 0.102. The van der Waals surface area contributed by atoms with Crippen molar-refractivity contribution in [2.45, 2.75) is 13.8 Å². The summed E-state index contributed by atoms with van der Waals surface area (Å²) in [5, 5.41) is 2.91. The lowest BCUT2D eigenvalue weighted by atomic mass is 10.2. The Morgan fingerprint density at radius 1 is 1.04 bits per heavy atom. The molecule has 0 fully saturated rings. The molecule has 0 aliphatic rings. The average molecular weight is 361 g/mol. The third kappa shape index (κ3) is 4.64. The van der Waals surface area contributed by atoms with Gasteiger partial charge in [-0.2, -0.15) is 0 Å². The minimum atomic E-state index is -0.174. The number of aromatic nitrogens is 1. The lowest BCUT2D eigenvalue weighted by Gasteiger charge is -2.22. The molecule has 0 saturated carbocycles. The number of anilines is 3. The second-order valence-corrected chi connectivity index (χ2v) is 5.89. The number of hydrogen-bond acceptors (Lipinski definition) is 4. The number of para-hydroxylation sites is 1. The van der Waals surface area contributed by atoms with Crippen LogP contribution in [-0.4, -0.2) is 24.0 Å². The zero-order valence-electron chi connectivity index (χ0n) is 15.6. The van der Waals surface area contributed by atoms with Gasteiger partial charge in [0.2, 0.25) is 0 Å². The predicted molar refractivity (Wildman–Crippen MR) is 109 cm³/mol. The highest BCUT2D eigenvalue weighted by Crippen LogP contribution is 2.24. The van der Waals surface area contributed by atoms with Crippen LogP contribution in [0.15, 0.2) is 72.9 Å². The molecule has 138 valence electrons. The van der Waals surface area contributed by atoms with Crippen LogP contribution in [0.4, 0.5) is 17.2 Å². The molecule has 3 rings (SSSR count). The summed E-state index contributed by atoms with van der Waals surface area (Å²) in [6.07, 6.45) is 1.66. The molecule has 5 heteroatoms. The quantitative estimate of drug-likeness (QED) is 0.651. The van der Waals surface area contributed by atoms with Gasteiger partial charge in [0, 0.05) is 29.7 Å². The van der Waals surface area contributed by atoms with Crippen molar-refractivity contribution in [3.05, 3.63) is 78.5 Å². The highest BCUT2D eigenvalue weighted by atomic mass is 16.5. The van der Waals surface area contributed by atoms with Gasteiger partial charge in [-0.05, 0) is 62.4 Å². The summed E-state index contributed by atoms with van der Waals surface area (Å²) in [5.74, 6) is 1.35. The van der Waals surface area contributed by atoms with Crippen LogP contribution in [0.1, 0.15) is 24.2 Å². The molecule has 27 heavy (non-hydrogen) atoms. The maximum absolute atomic E-state index is 12.6. The van der Waals surface area contributed by atoms with E-state index >= 15 is 0 Å². The van der Waals surface area contributed by atoms with Crippen LogP contribution in [-0.2, 0) is 0 Å². The SMILES string of the molecule is CCOc1ccc(NC(=O)c2ccnc(N(CC)c3ccccc3)c2)cc1. The molecule has 1 heterocycles. The van der Waals surface area contributed by atoms with Gasteiger partial charge >= 0.3 is 0 Å². The summed E-state index contributed by atoms with van der Waals surface area (Å²) in [7, 11) is 0. The Morgan fingerprint density at radius 3 is 2.44 bits per heavy atom. The summed E-state index contributed by atoms with van der Waals surface area (Å²) < 4.78 is 5.42. The molecule has 3 aromatic rings. The van der Waals surface area contributed by atoms with Crippen molar-refractivity contribution in [3.8, 4) is 5.75 Å². The molecule has 0 atom stereocenters. The van der Waals surface area contributed by atoms with Crippen molar-refractivity contribution in [1.82, 2.24) is 4.98 Å². The first-order valence-electron chi connectivity index (χ1n) is 9.04. The first-order chi connectivity index (χ1) is 13.2. The van der Waals surface area contributed by atoms with Gasteiger partial charge < -0.3 is 15.0 Å². The molecule has 0 radical (unpaired) electrons. The summed E-state index contributed by atoms with van der Waals surface area (Å²) in [6.45, 7) is 5.36. The second-order valence-electron chi connectivity index (χ2n) is 5.89. The number of hydrogen-bond donors (Lipinski definition) is 1. The van der Waals surface area contributed by atoms with E-state index in [-0.39, 0.29) is 5.91 Å². The van der Waals surface area contributed by atoms with Gasteiger partial charge in [-0.3, -0.25) is 4.79 Å². The number of benzene rings is 2. The fourth-order valence-corrected chi connectivity index (χ4v) is 2.80. The van der Waals surface area contributed by atoms with E-state index in [1.165, 1.54) is 0 Å². The number of nitrogens with one attached hydrogen (secondary N) is 1. The Hall–Kier alpha value is -3.34. The molecule has 0 aliphatic heterocycles. The summed E-state index contributed by atoms with van der Waals surface area (Å²) in [4.78, 5) is 19.1. The molecule has 0 spiro atoms.